The van der Waals surface area contributed by atoms with Gasteiger partial charge in [-0.25, -0.2) is 0 Å². The van der Waals surface area contributed by atoms with Crippen molar-refractivity contribution in [1.82, 2.24) is 9.80 Å². The molecule has 6 aliphatic rings. The molecule has 2 aromatic carbocycles. The summed E-state index contributed by atoms with van der Waals surface area (Å²) in [6.07, 6.45) is -3.58. The zero-order chi connectivity index (χ0) is 48.6. The topological polar surface area (TPSA) is 383 Å². The summed E-state index contributed by atoms with van der Waals surface area (Å²) in [5.41, 5.74) is -1.14. The number of primary amides is 2. The van der Waals surface area contributed by atoms with Gasteiger partial charge in [-0.15, -0.1) is 12.4 Å². The Morgan fingerprint density at radius 3 is 1.73 bits per heavy atom. The smallest absolute Gasteiger partial charge is 0.255 e. The highest BCUT2D eigenvalue weighted by Gasteiger charge is 2.69. The van der Waals surface area contributed by atoms with Gasteiger partial charge in [-0.3, -0.25) is 38.6 Å². The SMILES string of the molecule is CN(C)C1C(O)=C(C(N)=O)C(=O)C2(O)C(O)=C3C(=O)c4c(O)cccc4C(C)(O)C3C(O)C12.CN(C)[C@@H]1C(O)=C(C(N)=O)C(=O)[C@@]2(O)C(O)=C3C(=O)c4c(O)ccc(Cl)c4[C@@H](O)[C@H]3C[C@@H]12.Cl. The van der Waals surface area contributed by atoms with Gasteiger partial charge in [-0.2, -0.15) is 0 Å². The maximum absolute atomic E-state index is 13.3. The molecule has 6 aliphatic carbocycles. The summed E-state index contributed by atoms with van der Waals surface area (Å²) < 4.78 is 0. The van der Waals surface area contributed by atoms with Crippen LogP contribution in [0, 0.1) is 23.7 Å². The summed E-state index contributed by atoms with van der Waals surface area (Å²) in [7, 11) is 5.88. The van der Waals surface area contributed by atoms with Gasteiger partial charge in [0.05, 0.1) is 58.4 Å². The quantitative estimate of drug-likeness (QED) is 0.171. The highest BCUT2D eigenvalue weighted by molar-refractivity contribution is 6.33. The number of phenols is 2. The highest BCUT2D eigenvalue weighted by Crippen LogP contribution is 2.58. The summed E-state index contributed by atoms with van der Waals surface area (Å²) >= 11 is 6.17. The van der Waals surface area contributed by atoms with E-state index >= 15 is 0 Å². The number of benzene rings is 2. The molecular formula is C43H46Cl2N4O17. The minimum absolute atomic E-state index is 0. The number of phenolic OH excluding ortho intramolecular Hbond substituents is 2. The molecule has 0 radical (unpaired) electrons. The number of fused-ring (bicyclic) bond motifs is 6. The third-order valence-electron chi connectivity index (χ3n) is 13.7. The Morgan fingerprint density at radius 2 is 1.20 bits per heavy atom. The van der Waals surface area contributed by atoms with Crippen molar-refractivity contribution in [3.8, 4) is 11.5 Å². The second kappa shape index (κ2) is 16.2. The molecule has 66 heavy (non-hydrogen) atoms. The van der Waals surface area contributed by atoms with Crippen LogP contribution in [0.4, 0.5) is 0 Å². The van der Waals surface area contributed by atoms with E-state index in [0.717, 1.165) is 6.07 Å². The number of rotatable bonds is 4. The number of halogens is 2. The first-order valence-corrected chi connectivity index (χ1v) is 20.2. The number of ketones is 4. The van der Waals surface area contributed by atoms with Crippen molar-refractivity contribution in [2.24, 2.45) is 35.1 Å². The minimum atomic E-state index is -3.02. The Kier molecular flexibility index (Phi) is 12.1. The number of nitrogens with zero attached hydrogens (tertiary/aromatic N) is 2. The van der Waals surface area contributed by atoms with Crippen molar-refractivity contribution >= 4 is 59.0 Å². The lowest BCUT2D eigenvalue weighted by Gasteiger charge is -2.55. The van der Waals surface area contributed by atoms with Gasteiger partial charge in [0.25, 0.3) is 11.8 Å². The Balaban J connectivity index is 0.000000215. The van der Waals surface area contributed by atoms with E-state index in [4.69, 9.17) is 23.1 Å². The lowest BCUT2D eigenvalue weighted by Crippen LogP contribution is -2.70. The number of Topliss-reactive ketones (excluding diaryl/α,β-unsaturated/α-hetero) is 4. The summed E-state index contributed by atoms with van der Waals surface area (Å²) in [5.74, 6) is -17.8. The van der Waals surface area contributed by atoms with Crippen molar-refractivity contribution in [2.45, 2.75) is 54.4 Å². The molecular weight excluding hydrogens is 915 g/mol. The largest absolute Gasteiger partial charge is 0.510 e. The predicted molar refractivity (Wildman–Crippen MR) is 228 cm³/mol. The minimum Gasteiger partial charge on any atom is -0.510 e. The molecule has 0 saturated carbocycles. The molecule has 0 bridgehead atoms. The van der Waals surface area contributed by atoms with Crippen LogP contribution in [0.15, 0.2) is 75.7 Å². The number of likely N-dealkylation sites (N-methyl/N-ethyl adjacent to an activating group) is 2. The lowest BCUT2D eigenvalue weighted by molar-refractivity contribution is -0.173. The second-order valence-corrected chi connectivity index (χ2v) is 17.9. The monoisotopic (exact) mass is 960 g/mol. The molecule has 2 aromatic rings. The maximum atomic E-state index is 13.3. The lowest BCUT2D eigenvalue weighted by atomic mass is 9.54. The molecule has 0 aliphatic heterocycles. The number of carbonyl (C=O) groups excluding carboxylic acids is 6. The molecule has 0 aromatic heterocycles. The molecule has 6 unspecified atom stereocenters. The van der Waals surface area contributed by atoms with Gasteiger partial charge < -0.3 is 67.6 Å². The number of amides is 2. The molecule has 354 valence electrons. The van der Waals surface area contributed by atoms with Crippen LogP contribution in [0.25, 0.3) is 0 Å². The van der Waals surface area contributed by atoms with Crippen molar-refractivity contribution in [2.75, 3.05) is 28.2 Å². The van der Waals surface area contributed by atoms with E-state index in [1.165, 1.54) is 69.2 Å². The average molecular weight is 962 g/mol. The number of aromatic hydroxyl groups is 2. The third kappa shape index (κ3) is 6.33. The number of carbonyl (C=O) groups is 6. The molecule has 8 rings (SSSR count). The van der Waals surface area contributed by atoms with E-state index in [0.29, 0.717) is 0 Å². The highest BCUT2D eigenvalue weighted by atomic mass is 35.5. The van der Waals surface area contributed by atoms with Gasteiger partial charge in [-0.1, -0.05) is 23.7 Å². The molecule has 0 spiro atoms. The summed E-state index contributed by atoms with van der Waals surface area (Å²) in [6, 6.07) is 3.84. The van der Waals surface area contributed by atoms with Gasteiger partial charge in [0.15, 0.2) is 22.8 Å². The molecule has 0 fully saturated rings. The van der Waals surface area contributed by atoms with Gasteiger partial charge in [0.2, 0.25) is 11.6 Å². The fourth-order valence-electron chi connectivity index (χ4n) is 10.9. The van der Waals surface area contributed by atoms with Crippen molar-refractivity contribution in [3.05, 3.63) is 103 Å². The van der Waals surface area contributed by atoms with Crippen LogP contribution in [-0.4, -0.2) is 158 Å². The molecule has 0 saturated heterocycles. The zero-order valence-corrected chi connectivity index (χ0v) is 37.0. The average Bonchev–Trinajstić information content (AvgIpc) is 3.20. The van der Waals surface area contributed by atoms with Gasteiger partial charge >= 0.3 is 0 Å². The summed E-state index contributed by atoms with van der Waals surface area (Å²) in [4.78, 5) is 79.5. The molecule has 21 nitrogen and oxygen atoms in total. The van der Waals surface area contributed by atoms with Crippen LogP contribution in [0.2, 0.25) is 5.02 Å². The number of nitrogens with two attached hydrogens (primary N) is 2. The Morgan fingerprint density at radius 1 is 0.712 bits per heavy atom. The van der Waals surface area contributed by atoms with E-state index in [1.54, 1.807) is 0 Å². The Labute approximate surface area is 384 Å². The first-order valence-electron chi connectivity index (χ1n) is 19.8. The number of aliphatic hydroxyl groups is 9. The van der Waals surface area contributed by atoms with Crippen molar-refractivity contribution in [3.63, 3.8) is 0 Å². The first kappa shape index (κ1) is 49.6. The number of hydrogen-bond acceptors (Lipinski definition) is 19. The van der Waals surface area contributed by atoms with E-state index in [1.807, 2.05) is 0 Å². The van der Waals surface area contributed by atoms with Gasteiger partial charge in [0.1, 0.15) is 45.7 Å². The standard InChI is InChI=1S/C22H24N2O9.C21H21ClN2O8.ClH/c1-21(32)7-5-4-6-8(25)9(7)15(26)10-12(21)17(28)13-14(24(2)3)16(27)11(20(23)31)19(30)22(13,33)18(10)29;1-24(2)14-7-5-6-10(16(27)12-9(25)4-3-8(22)11(12)15(6)26)18(29)21(7,32)19(30)13(17(14)28)20(23)31;/h4-6,12-14,17,25,27-29,32-33H,1-3H3,(H2,23,31);3-4,6-7,14-15,25-26,28-29,32H,5H2,1-2H3,(H2,23,31);1H/t;6-,7-,14-,15-,21-;/m.0./s1. The molecule has 23 heteroatoms. The van der Waals surface area contributed by atoms with Crippen LogP contribution < -0.4 is 11.5 Å². The Bertz CT molecular complexity index is 2710. The Hall–Kier alpha value is -5.88. The van der Waals surface area contributed by atoms with Crippen molar-refractivity contribution < 1.29 is 84.9 Å². The fraction of sp³-hybridized carbons (Fsp3) is 0.395. The van der Waals surface area contributed by atoms with E-state index < -0.39 is 157 Å². The zero-order valence-electron chi connectivity index (χ0n) is 35.4. The molecule has 15 N–H and O–H groups in total. The maximum Gasteiger partial charge on any atom is 0.255 e. The van der Waals surface area contributed by atoms with Crippen LogP contribution in [0.3, 0.4) is 0 Å². The van der Waals surface area contributed by atoms with E-state index in [2.05, 4.69) is 0 Å². The van der Waals surface area contributed by atoms with Crippen molar-refractivity contribution in [1.29, 1.82) is 0 Å². The van der Waals surface area contributed by atoms with Gasteiger partial charge in [-0.05, 0) is 65.3 Å². The van der Waals surface area contributed by atoms with Crippen LogP contribution in [0.5, 0.6) is 11.5 Å². The number of hydrogen-bond donors (Lipinski definition) is 13. The normalized spacial score (nSPS) is 33.5. The number of aliphatic hydroxyl groups excluding tert-OH is 6. The first-order chi connectivity index (χ1) is 30.0. The van der Waals surface area contributed by atoms with Crippen LogP contribution in [-0.2, 0) is 24.8 Å². The van der Waals surface area contributed by atoms with Crippen LogP contribution >= 0.6 is 24.0 Å². The molecule has 11 atom stereocenters. The van der Waals surface area contributed by atoms with E-state index in [9.17, 15) is 84.9 Å². The van der Waals surface area contributed by atoms with Gasteiger partial charge in [0, 0.05) is 28.0 Å². The summed E-state index contributed by atoms with van der Waals surface area (Å²) in [6.45, 7) is 1.25. The fourth-order valence-corrected chi connectivity index (χ4v) is 11.1. The third-order valence-corrected chi connectivity index (χ3v) is 14.0. The molecule has 0 heterocycles. The van der Waals surface area contributed by atoms with E-state index in [-0.39, 0.29) is 46.1 Å². The second-order valence-electron chi connectivity index (χ2n) is 17.5. The molecule has 2 amide bonds. The van der Waals surface area contributed by atoms with Crippen LogP contribution in [0.1, 0.15) is 51.3 Å². The summed E-state index contributed by atoms with van der Waals surface area (Å²) in [5, 5.41) is 121. The predicted octanol–water partition coefficient (Wildman–Crippen LogP) is -0.557.